The molecule has 0 fully saturated rings. The van der Waals surface area contributed by atoms with Crippen LogP contribution in [0.4, 0.5) is 0 Å². The monoisotopic (exact) mass is 494 g/mol. The highest BCUT2D eigenvalue weighted by Crippen LogP contribution is 2.53. The van der Waals surface area contributed by atoms with E-state index < -0.39 is 57.8 Å². The van der Waals surface area contributed by atoms with Crippen LogP contribution in [0.5, 0.6) is 0 Å². The Morgan fingerprint density at radius 3 is 0.308 bits per heavy atom. The zero-order valence-electron chi connectivity index (χ0n) is 22.0. The molecule has 8 heteroatoms. The van der Waals surface area contributed by atoms with E-state index >= 15 is 0 Å². The Hall–Kier alpha value is 1.74. The molecule has 0 amide bonds. The molecule has 0 aromatic rings. The average Bonchev–Trinajstić information content (AvgIpc) is 2.12. The summed E-state index contributed by atoms with van der Waals surface area (Å²) in [7, 11) is -7.47. The maximum Gasteiger partial charge on any atom is 0.0306 e. The Bertz CT molecular complexity index is 378. The van der Waals surface area contributed by atoms with Gasteiger partial charge in [0, 0.05) is 57.8 Å². The predicted octanol–water partition coefficient (Wildman–Crippen LogP) is 7.46. The summed E-state index contributed by atoms with van der Waals surface area (Å²) in [4.78, 5) is 0. The molecular weight excluding hydrogens is 441 g/mol. The molecule has 0 atom stereocenters. The molecule has 0 heterocycles. The summed E-state index contributed by atoms with van der Waals surface area (Å²) in [5.74, 6) is 0. The third kappa shape index (κ3) is 3.76. The summed E-state index contributed by atoms with van der Waals surface area (Å²) in [5.41, 5.74) is 0. The lowest BCUT2D eigenvalue weighted by molar-refractivity contribution is 1.71. The Morgan fingerprint density at radius 1 is 0.192 bits per heavy atom. The van der Waals surface area contributed by atoms with Crippen molar-refractivity contribution in [2.75, 3.05) is 0 Å². The molecule has 0 aromatic carbocycles. The van der Waals surface area contributed by atoms with Crippen molar-refractivity contribution in [3.63, 3.8) is 0 Å². The molecule has 0 aliphatic carbocycles. The average molecular weight is 495 g/mol. The lowest BCUT2D eigenvalue weighted by Gasteiger charge is -2.76. The molecule has 0 radical (unpaired) electrons. The lowest BCUT2D eigenvalue weighted by atomic mass is 11.8. The number of hydrogen-bond donors (Lipinski definition) is 0. The van der Waals surface area contributed by atoms with Crippen molar-refractivity contribution in [2.45, 2.75) is 118 Å². The molecule has 0 saturated heterocycles. The van der Waals surface area contributed by atoms with E-state index in [-0.39, 0.29) is 0 Å². The van der Waals surface area contributed by atoms with Gasteiger partial charge in [-0.3, -0.25) is 0 Å². The van der Waals surface area contributed by atoms with Crippen molar-refractivity contribution in [3.8, 4) is 0 Å². The molecule has 0 aliphatic heterocycles. The molecular formula is C18H54Si8. The summed E-state index contributed by atoms with van der Waals surface area (Å²) in [6, 6.07) is 0. The second-order valence-electron chi connectivity index (χ2n) is 15.0. The Kier molecular flexibility index (Phi) is 7.64. The Labute approximate surface area is 175 Å². The third-order valence-electron chi connectivity index (χ3n) is 7.31. The van der Waals surface area contributed by atoms with Crippen LogP contribution >= 0.6 is 0 Å². The first-order chi connectivity index (χ1) is 10.8. The van der Waals surface area contributed by atoms with Crippen molar-refractivity contribution in [1.82, 2.24) is 0 Å². The highest BCUT2D eigenvalue weighted by Gasteiger charge is 2.80. The van der Waals surface area contributed by atoms with Gasteiger partial charge in [-0.15, -0.1) is 0 Å². The number of rotatable bonds is 7. The zero-order valence-corrected chi connectivity index (χ0v) is 30.0. The summed E-state index contributed by atoms with van der Waals surface area (Å²) >= 11 is 0. The van der Waals surface area contributed by atoms with E-state index in [9.17, 15) is 0 Å². The minimum Gasteiger partial charge on any atom is -0.0721 e. The minimum atomic E-state index is -1.35. The van der Waals surface area contributed by atoms with Crippen molar-refractivity contribution in [1.29, 1.82) is 0 Å². The fourth-order valence-corrected chi connectivity index (χ4v) is 456. The van der Waals surface area contributed by atoms with Crippen LogP contribution in [0.15, 0.2) is 0 Å². The fourth-order valence-electron chi connectivity index (χ4n) is 10.1. The largest absolute Gasteiger partial charge is 0.0721 e. The first-order valence-electron chi connectivity index (χ1n) is 10.8. The normalized spacial score (nSPS) is 16.8. The first kappa shape index (κ1) is 27.7. The molecule has 26 heavy (non-hydrogen) atoms. The third-order valence-corrected chi connectivity index (χ3v) is 228. The lowest BCUT2D eigenvalue weighted by Crippen LogP contribution is -3.07. The maximum absolute atomic E-state index is 2.87. The van der Waals surface area contributed by atoms with Crippen molar-refractivity contribution >= 4 is 57.8 Å². The van der Waals surface area contributed by atoms with E-state index in [1.807, 2.05) is 0 Å². The van der Waals surface area contributed by atoms with E-state index in [0.29, 0.717) is 0 Å². The minimum absolute atomic E-state index is 1.24. The van der Waals surface area contributed by atoms with E-state index in [1.54, 1.807) is 0 Å². The quantitative estimate of drug-likeness (QED) is 0.322. The predicted molar refractivity (Wildman–Crippen MR) is 152 cm³/mol. The van der Waals surface area contributed by atoms with Gasteiger partial charge in [0.2, 0.25) is 0 Å². The molecule has 0 rings (SSSR count). The van der Waals surface area contributed by atoms with Crippen LogP contribution in [0.1, 0.15) is 0 Å². The van der Waals surface area contributed by atoms with Crippen molar-refractivity contribution in [3.05, 3.63) is 0 Å². The van der Waals surface area contributed by atoms with Crippen LogP contribution in [-0.4, -0.2) is 57.8 Å². The van der Waals surface area contributed by atoms with Crippen LogP contribution in [-0.2, 0) is 0 Å². The van der Waals surface area contributed by atoms with E-state index in [0.717, 1.165) is 0 Å². The molecule has 0 nitrogen and oxygen atoms in total. The van der Waals surface area contributed by atoms with E-state index in [1.165, 1.54) is 0 Å². The van der Waals surface area contributed by atoms with Crippen LogP contribution in [0, 0.1) is 0 Å². The second kappa shape index (κ2) is 7.16. The second-order valence-corrected chi connectivity index (χ2v) is 108. The SMILES string of the molecule is C[Si](C)(C)[Si]([Si](C)(C)C)([Si](C)(C)C)[Si]([Si](C)(C)C)([Si](C)(C)C)[Si](C)(C)C. The molecule has 0 saturated carbocycles. The van der Waals surface area contributed by atoms with Gasteiger partial charge in [0.15, 0.2) is 0 Å². The van der Waals surface area contributed by atoms with Crippen molar-refractivity contribution in [2.24, 2.45) is 0 Å². The Morgan fingerprint density at radius 2 is 0.269 bits per heavy atom. The standard InChI is InChI=1S/C18H54Si8/c1-19(2,3)25(20(4,5)6,21(7,8)9)26(22(10,11)12,23(13,14)15)24(16,17)18/h1-18H3. The topological polar surface area (TPSA) is 0 Å². The first-order valence-corrected chi connectivity index (χ1v) is 42.8. The summed E-state index contributed by atoms with van der Waals surface area (Å²) in [6.45, 7) is 51.7. The molecule has 0 spiro atoms. The van der Waals surface area contributed by atoms with E-state index in [2.05, 4.69) is 118 Å². The van der Waals surface area contributed by atoms with Gasteiger partial charge in [-0.1, -0.05) is 118 Å². The van der Waals surface area contributed by atoms with Gasteiger partial charge >= 0.3 is 0 Å². The maximum atomic E-state index is 2.87. The van der Waals surface area contributed by atoms with Crippen LogP contribution in [0.2, 0.25) is 118 Å². The molecule has 0 bridgehead atoms. The van der Waals surface area contributed by atoms with Gasteiger partial charge in [-0.05, 0) is 0 Å². The smallest absolute Gasteiger partial charge is 0.0306 e. The highest BCUT2D eigenvalue weighted by molar-refractivity contribution is 8.28. The van der Waals surface area contributed by atoms with Gasteiger partial charge in [0.25, 0.3) is 0 Å². The molecule has 0 unspecified atom stereocenters. The molecule has 0 aliphatic rings. The number of hydrogen-bond acceptors (Lipinski definition) is 0. The van der Waals surface area contributed by atoms with Gasteiger partial charge in [-0.25, -0.2) is 0 Å². The zero-order chi connectivity index (χ0) is 22.0. The highest BCUT2D eigenvalue weighted by atomic mass is 30.5. The van der Waals surface area contributed by atoms with E-state index in [4.69, 9.17) is 0 Å². The van der Waals surface area contributed by atoms with Crippen LogP contribution in [0.25, 0.3) is 0 Å². The van der Waals surface area contributed by atoms with Gasteiger partial charge < -0.3 is 0 Å². The molecule has 158 valence electrons. The summed E-state index contributed by atoms with van der Waals surface area (Å²) in [5, 5.41) is 0. The van der Waals surface area contributed by atoms with Gasteiger partial charge in [0.05, 0.1) is 0 Å². The summed E-state index contributed by atoms with van der Waals surface area (Å²) < 4.78 is 0. The Balaban J connectivity index is 8.17. The van der Waals surface area contributed by atoms with Gasteiger partial charge in [-0.2, -0.15) is 0 Å². The van der Waals surface area contributed by atoms with Crippen molar-refractivity contribution < 1.29 is 0 Å². The molecule has 0 N–H and O–H groups in total. The molecule has 0 aromatic heterocycles. The van der Waals surface area contributed by atoms with Crippen LogP contribution in [0.3, 0.4) is 0 Å². The van der Waals surface area contributed by atoms with Crippen LogP contribution < -0.4 is 0 Å². The van der Waals surface area contributed by atoms with Gasteiger partial charge in [0.1, 0.15) is 0 Å². The summed E-state index contributed by atoms with van der Waals surface area (Å²) in [6.07, 6.45) is -2.69. The fraction of sp³-hybridized carbons (Fsp3) is 1.00.